The molecule has 0 bridgehead atoms. The summed E-state index contributed by atoms with van der Waals surface area (Å²) in [6.07, 6.45) is 1.51. The van der Waals surface area contributed by atoms with Gasteiger partial charge in [-0.05, 0) is 100 Å². The number of rotatable bonds is 8. The zero-order valence-electron chi connectivity index (χ0n) is 22.6. The molecule has 0 atom stereocenters. The number of aromatic nitrogens is 1. The monoisotopic (exact) mass is 546 g/mol. The number of anilines is 1. The van der Waals surface area contributed by atoms with Crippen LogP contribution < -0.4 is 9.73 Å². The minimum Gasteiger partial charge on any atom is -0.318 e. The first-order valence-electron chi connectivity index (χ1n) is 12.4. The Labute approximate surface area is 228 Å². The van der Waals surface area contributed by atoms with Crippen LogP contribution in [0.1, 0.15) is 33.6 Å². The molecule has 1 heterocycles. The van der Waals surface area contributed by atoms with Crippen molar-refractivity contribution in [3.63, 3.8) is 0 Å². The highest BCUT2D eigenvalue weighted by Crippen LogP contribution is 2.26. The summed E-state index contributed by atoms with van der Waals surface area (Å²) in [5.41, 5.74) is 9.03. The van der Waals surface area contributed by atoms with Gasteiger partial charge in [-0.1, -0.05) is 23.8 Å². The molecule has 0 aliphatic rings. The first kappa shape index (κ1) is 27.8. The number of hydrogen-bond acceptors (Lipinski definition) is 4. The highest BCUT2D eigenvalue weighted by Gasteiger charge is 2.27. The number of carbonyl (C=O) groups is 1. The van der Waals surface area contributed by atoms with Crippen LogP contribution >= 0.6 is 0 Å². The van der Waals surface area contributed by atoms with Gasteiger partial charge in [0.05, 0.1) is 16.8 Å². The number of benzene rings is 3. The number of nitrogens with zero attached hydrogens (tertiary/aromatic N) is 3. The van der Waals surface area contributed by atoms with Crippen molar-refractivity contribution < 1.29 is 17.6 Å². The zero-order chi connectivity index (χ0) is 28.3. The number of hydrazone groups is 1. The number of carbonyl (C=O) groups excluding carboxylic acids is 1. The summed E-state index contributed by atoms with van der Waals surface area (Å²) >= 11 is 0. The van der Waals surface area contributed by atoms with Gasteiger partial charge in [-0.3, -0.25) is 9.10 Å². The van der Waals surface area contributed by atoms with Crippen molar-refractivity contribution >= 4 is 27.8 Å². The number of halogens is 1. The molecule has 202 valence electrons. The Bertz CT molecular complexity index is 1640. The largest absolute Gasteiger partial charge is 0.318 e. The van der Waals surface area contributed by atoms with Gasteiger partial charge in [0, 0.05) is 22.6 Å². The standard InChI is InChI=1S/C30H31FN4O3S/c1-20-6-14-29(15-7-20)39(37,38)34(28-11-8-21(2)22(3)16-28)19-30(36)33-32-18-25-17-23(4)35(24(25)5)27-12-9-26(31)10-13-27/h6-18H,19H2,1-5H3,(H,33,36)/b32-18-. The highest BCUT2D eigenvalue weighted by molar-refractivity contribution is 7.92. The van der Waals surface area contributed by atoms with Gasteiger partial charge >= 0.3 is 0 Å². The molecule has 9 heteroatoms. The molecule has 7 nitrogen and oxygen atoms in total. The van der Waals surface area contributed by atoms with Gasteiger partial charge in [0.1, 0.15) is 12.4 Å². The van der Waals surface area contributed by atoms with Gasteiger partial charge in [-0.15, -0.1) is 0 Å². The molecule has 0 saturated carbocycles. The summed E-state index contributed by atoms with van der Waals surface area (Å²) in [5.74, 6) is -0.905. The van der Waals surface area contributed by atoms with Crippen molar-refractivity contribution in [3.05, 3.63) is 112 Å². The molecule has 39 heavy (non-hydrogen) atoms. The van der Waals surface area contributed by atoms with Crippen molar-refractivity contribution in [1.82, 2.24) is 9.99 Å². The lowest BCUT2D eigenvalue weighted by atomic mass is 10.1. The van der Waals surface area contributed by atoms with Gasteiger partial charge in [0.2, 0.25) is 0 Å². The van der Waals surface area contributed by atoms with Crippen LogP contribution in [0, 0.1) is 40.4 Å². The Morgan fingerprint density at radius 2 is 1.59 bits per heavy atom. The molecule has 0 unspecified atom stereocenters. The molecule has 0 fully saturated rings. The SMILES string of the molecule is Cc1ccc(S(=O)(=O)N(CC(=O)N/N=C\c2cc(C)n(-c3ccc(F)cc3)c2C)c2ccc(C)c(C)c2)cc1. The molecule has 1 aromatic heterocycles. The van der Waals surface area contributed by atoms with E-state index in [0.29, 0.717) is 5.69 Å². The maximum atomic E-state index is 13.6. The van der Waals surface area contributed by atoms with E-state index in [1.807, 2.05) is 51.3 Å². The van der Waals surface area contributed by atoms with E-state index in [0.717, 1.165) is 43.6 Å². The maximum absolute atomic E-state index is 13.6. The highest BCUT2D eigenvalue weighted by atomic mass is 32.2. The summed E-state index contributed by atoms with van der Waals surface area (Å²) in [5, 5.41) is 4.09. The van der Waals surface area contributed by atoms with Gasteiger partial charge in [0.15, 0.2) is 0 Å². The third kappa shape index (κ3) is 6.09. The van der Waals surface area contributed by atoms with E-state index in [1.165, 1.54) is 30.5 Å². The molecule has 0 radical (unpaired) electrons. The number of aryl methyl sites for hydroxylation is 4. The molecule has 3 aromatic carbocycles. The summed E-state index contributed by atoms with van der Waals surface area (Å²) in [4.78, 5) is 13.0. The Balaban J connectivity index is 1.57. The average Bonchev–Trinajstić information content (AvgIpc) is 3.17. The van der Waals surface area contributed by atoms with Gasteiger partial charge in [-0.25, -0.2) is 18.2 Å². The Kier molecular flexibility index (Phi) is 8.01. The van der Waals surface area contributed by atoms with E-state index < -0.39 is 22.5 Å². The van der Waals surface area contributed by atoms with Crippen molar-refractivity contribution in [2.45, 2.75) is 39.5 Å². The predicted molar refractivity (Wildman–Crippen MR) is 153 cm³/mol. The Morgan fingerprint density at radius 3 is 2.23 bits per heavy atom. The van der Waals surface area contributed by atoms with Gasteiger partial charge in [-0.2, -0.15) is 5.10 Å². The van der Waals surface area contributed by atoms with Crippen LogP contribution in [0.15, 0.2) is 82.8 Å². The lowest BCUT2D eigenvalue weighted by Crippen LogP contribution is -2.39. The fourth-order valence-electron chi connectivity index (χ4n) is 4.28. The minimum absolute atomic E-state index is 0.0934. The average molecular weight is 547 g/mol. The molecule has 4 aromatic rings. The molecule has 0 aliphatic heterocycles. The van der Waals surface area contributed by atoms with Crippen molar-refractivity contribution in [3.8, 4) is 5.69 Å². The first-order chi connectivity index (χ1) is 18.5. The second-order valence-electron chi connectivity index (χ2n) is 9.52. The third-order valence-electron chi connectivity index (χ3n) is 6.62. The minimum atomic E-state index is -4.02. The lowest BCUT2D eigenvalue weighted by Gasteiger charge is -2.24. The molecule has 0 spiro atoms. The van der Waals surface area contributed by atoms with Crippen LogP contribution in [0.5, 0.6) is 0 Å². The Morgan fingerprint density at radius 1 is 0.923 bits per heavy atom. The maximum Gasteiger partial charge on any atom is 0.264 e. The third-order valence-corrected chi connectivity index (χ3v) is 8.41. The number of amides is 1. The number of sulfonamides is 1. The van der Waals surface area contributed by atoms with Crippen LogP contribution in [0.25, 0.3) is 5.69 Å². The molecule has 1 N–H and O–H groups in total. The van der Waals surface area contributed by atoms with E-state index in [4.69, 9.17) is 0 Å². The number of nitrogens with one attached hydrogen (secondary N) is 1. The molecule has 1 amide bonds. The van der Waals surface area contributed by atoms with Gasteiger partial charge in [0.25, 0.3) is 15.9 Å². The van der Waals surface area contributed by atoms with Crippen molar-refractivity contribution in [2.24, 2.45) is 5.10 Å². The van der Waals surface area contributed by atoms with Crippen LogP contribution in [-0.2, 0) is 14.8 Å². The van der Waals surface area contributed by atoms with Gasteiger partial charge < -0.3 is 4.57 Å². The van der Waals surface area contributed by atoms with Crippen LogP contribution in [0.4, 0.5) is 10.1 Å². The quantitative estimate of drug-likeness (QED) is 0.234. The van der Waals surface area contributed by atoms with Crippen LogP contribution in [0.2, 0.25) is 0 Å². The molecule has 4 rings (SSSR count). The second-order valence-corrected chi connectivity index (χ2v) is 11.4. The fourth-order valence-corrected chi connectivity index (χ4v) is 5.69. The van der Waals surface area contributed by atoms with Crippen LogP contribution in [0.3, 0.4) is 0 Å². The van der Waals surface area contributed by atoms with E-state index in [1.54, 1.807) is 36.4 Å². The summed E-state index contributed by atoms with van der Waals surface area (Å²) in [7, 11) is -4.02. The first-order valence-corrected chi connectivity index (χ1v) is 13.8. The molecular weight excluding hydrogens is 515 g/mol. The molecule has 0 aliphatic carbocycles. The van der Waals surface area contributed by atoms with Crippen molar-refractivity contribution in [2.75, 3.05) is 10.8 Å². The number of hydrogen-bond donors (Lipinski definition) is 1. The predicted octanol–water partition coefficient (Wildman–Crippen LogP) is 5.50. The summed E-state index contributed by atoms with van der Waals surface area (Å²) in [6.45, 7) is 9.07. The van der Waals surface area contributed by atoms with Crippen LogP contribution in [-0.4, -0.2) is 31.7 Å². The fraction of sp³-hybridized carbons (Fsp3) is 0.200. The van der Waals surface area contributed by atoms with E-state index in [9.17, 15) is 17.6 Å². The van der Waals surface area contributed by atoms with E-state index in [2.05, 4.69) is 10.5 Å². The second kappa shape index (κ2) is 11.2. The topological polar surface area (TPSA) is 83.8 Å². The van der Waals surface area contributed by atoms with Crippen molar-refractivity contribution in [1.29, 1.82) is 0 Å². The normalized spacial score (nSPS) is 11.6. The summed E-state index contributed by atoms with van der Waals surface area (Å²) < 4.78 is 43.6. The molecular formula is C30H31FN4O3S. The summed E-state index contributed by atoms with van der Waals surface area (Å²) in [6, 6.07) is 19.8. The van der Waals surface area contributed by atoms with E-state index in [-0.39, 0.29) is 10.7 Å². The zero-order valence-corrected chi connectivity index (χ0v) is 23.4. The van der Waals surface area contributed by atoms with E-state index >= 15 is 0 Å². The molecule has 0 saturated heterocycles. The lowest BCUT2D eigenvalue weighted by molar-refractivity contribution is -0.119. The Hall–Kier alpha value is -4.24. The smallest absolute Gasteiger partial charge is 0.264 e.